The van der Waals surface area contributed by atoms with Crippen LogP contribution in [0.1, 0.15) is 23.1 Å². The fourth-order valence-corrected chi connectivity index (χ4v) is 2.91. The van der Waals surface area contributed by atoms with Gasteiger partial charge in [0.1, 0.15) is 0 Å². The topological polar surface area (TPSA) is 101 Å². The maximum Gasteiger partial charge on any atom is 0.251 e. The van der Waals surface area contributed by atoms with Crippen molar-refractivity contribution in [1.29, 1.82) is 0 Å². The minimum atomic E-state index is -0.284. The molecular weight excluding hydrogens is 368 g/mol. The van der Waals surface area contributed by atoms with Gasteiger partial charge in [-0.05, 0) is 30.3 Å². The number of anilines is 1. The van der Waals surface area contributed by atoms with Gasteiger partial charge in [-0.2, -0.15) is 9.61 Å². The molecule has 4 rings (SSSR count). The number of hydrogen-bond acceptors (Lipinski definition) is 5. The van der Waals surface area contributed by atoms with Gasteiger partial charge in [0.2, 0.25) is 5.91 Å². The molecule has 2 aromatic heterocycles. The lowest BCUT2D eigenvalue weighted by Gasteiger charge is -2.07. The van der Waals surface area contributed by atoms with Crippen LogP contribution in [0.3, 0.4) is 0 Å². The molecule has 29 heavy (non-hydrogen) atoms. The number of rotatable bonds is 5. The molecule has 2 N–H and O–H groups in total. The molecule has 2 amide bonds. The fourth-order valence-electron chi connectivity index (χ4n) is 2.91. The van der Waals surface area contributed by atoms with Crippen molar-refractivity contribution in [3.05, 3.63) is 78.1 Å². The number of benzene rings is 2. The highest BCUT2D eigenvalue weighted by atomic mass is 16.2. The number of nitrogens with zero attached hydrogens (tertiary/aromatic N) is 4. The molecule has 0 radical (unpaired) electrons. The highest BCUT2D eigenvalue weighted by molar-refractivity contribution is 5.96. The van der Waals surface area contributed by atoms with E-state index in [1.54, 1.807) is 28.8 Å². The van der Waals surface area contributed by atoms with Gasteiger partial charge in [-0.15, -0.1) is 10.2 Å². The van der Waals surface area contributed by atoms with Crippen molar-refractivity contribution in [1.82, 2.24) is 25.1 Å². The maximum absolute atomic E-state index is 12.5. The average molecular weight is 386 g/mol. The van der Waals surface area contributed by atoms with E-state index in [4.69, 9.17) is 0 Å². The first kappa shape index (κ1) is 18.3. The zero-order valence-corrected chi connectivity index (χ0v) is 15.7. The molecule has 4 aromatic rings. The van der Waals surface area contributed by atoms with E-state index < -0.39 is 0 Å². The molecule has 0 spiro atoms. The summed E-state index contributed by atoms with van der Waals surface area (Å²) in [6, 6.07) is 20.2. The molecule has 2 aromatic carbocycles. The molecule has 0 unspecified atom stereocenters. The predicted octanol–water partition coefficient (Wildman–Crippen LogP) is 2.68. The molecule has 0 saturated carbocycles. The molecule has 8 nitrogen and oxygen atoms in total. The summed E-state index contributed by atoms with van der Waals surface area (Å²) in [4.78, 5) is 23.7. The van der Waals surface area contributed by atoms with E-state index in [0.29, 0.717) is 22.7 Å². The van der Waals surface area contributed by atoms with E-state index in [-0.39, 0.29) is 18.4 Å². The maximum atomic E-state index is 12.5. The zero-order valence-electron chi connectivity index (χ0n) is 15.7. The molecule has 0 aliphatic heterocycles. The summed E-state index contributed by atoms with van der Waals surface area (Å²) in [6.45, 7) is 1.58. The van der Waals surface area contributed by atoms with Gasteiger partial charge in [-0.3, -0.25) is 9.59 Å². The van der Waals surface area contributed by atoms with Crippen molar-refractivity contribution < 1.29 is 9.59 Å². The van der Waals surface area contributed by atoms with Gasteiger partial charge in [0.25, 0.3) is 5.91 Å². The molecular formula is C21H18N6O2. The Bertz CT molecular complexity index is 1190. The van der Waals surface area contributed by atoms with Crippen LogP contribution < -0.4 is 10.6 Å². The van der Waals surface area contributed by atoms with Crippen molar-refractivity contribution >= 4 is 23.1 Å². The highest BCUT2D eigenvalue weighted by Gasteiger charge is 2.12. The van der Waals surface area contributed by atoms with E-state index in [0.717, 1.165) is 11.3 Å². The van der Waals surface area contributed by atoms with E-state index >= 15 is 0 Å². The second kappa shape index (κ2) is 7.89. The largest absolute Gasteiger partial charge is 0.345 e. The molecule has 0 aliphatic carbocycles. The lowest BCUT2D eigenvalue weighted by molar-refractivity contribution is -0.114. The molecule has 0 atom stereocenters. The summed E-state index contributed by atoms with van der Waals surface area (Å²) in [5, 5.41) is 18.3. The summed E-state index contributed by atoms with van der Waals surface area (Å²) in [6.07, 6.45) is 0. The van der Waals surface area contributed by atoms with E-state index in [2.05, 4.69) is 25.9 Å². The van der Waals surface area contributed by atoms with Crippen molar-refractivity contribution in [2.75, 3.05) is 5.32 Å². The zero-order chi connectivity index (χ0) is 20.2. The Morgan fingerprint density at radius 1 is 0.966 bits per heavy atom. The van der Waals surface area contributed by atoms with Gasteiger partial charge in [-0.25, -0.2) is 0 Å². The number of aromatic nitrogens is 4. The molecule has 144 valence electrons. The predicted molar refractivity (Wildman–Crippen MR) is 108 cm³/mol. The lowest BCUT2D eigenvalue weighted by atomic mass is 10.1. The molecule has 0 bridgehead atoms. The van der Waals surface area contributed by atoms with Crippen LogP contribution in [0.15, 0.2) is 66.7 Å². The Balaban J connectivity index is 1.52. The summed E-state index contributed by atoms with van der Waals surface area (Å²) < 4.78 is 1.62. The van der Waals surface area contributed by atoms with Crippen LogP contribution >= 0.6 is 0 Å². The number of carbonyl (C=O) groups is 2. The van der Waals surface area contributed by atoms with Crippen molar-refractivity contribution in [3.8, 4) is 11.3 Å². The van der Waals surface area contributed by atoms with Gasteiger partial charge in [-0.1, -0.05) is 36.4 Å². The third kappa shape index (κ3) is 4.11. The fraction of sp³-hybridized carbons (Fsp3) is 0.0952. The van der Waals surface area contributed by atoms with Crippen molar-refractivity contribution in [2.24, 2.45) is 0 Å². The van der Waals surface area contributed by atoms with Crippen LogP contribution in [0.2, 0.25) is 0 Å². The van der Waals surface area contributed by atoms with Crippen molar-refractivity contribution in [3.63, 3.8) is 0 Å². The summed E-state index contributed by atoms with van der Waals surface area (Å²) in [5.74, 6) is 0.0371. The van der Waals surface area contributed by atoms with Gasteiger partial charge in [0.15, 0.2) is 11.5 Å². The number of nitrogens with one attached hydrogen (secondary N) is 2. The summed E-state index contributed by atoms with van der Waals surface area (Å²) >= 11 is 0. The molecule has 0 saturated heterocycles. The van der Waals surface area contributed by atoms with E-state index in [9.17, 15) is 9.59 Å². The molecule has 0 aliphatic rings. The molecule has 0 fully saturated rings. The second-order valence-corrected chi connectivity index (χ2v) is 6.42. The Morgan fingerprint density at radius 2 is 1.79 bits per heavy atom. The van der Waals surface area contributed by atoms with Gasteiger partial charge in [0.05, 0.1) is 12.2 Å². The Kier molecular flexibility index (Phi) is 4.98. The number of hydrogen-bond donors (Lipinski definition) is 2. The van der Waals surface area contributed by atoms with E-state index in [1.807, 2.05) is 42.5 Å². The monoisotopic (exact) mass is 386 g/mol. The number of fused-ring (bicyclic) bond motifs is 1. The number of amides is 2. The number of carbonyl (C=O) groups excluding carboxylic acids is 2. The smallest absolute Gasteiger partial charge is 0.251 e. The summed E-state index contributed by atoms with van der Waals surface area (Å²) in [5.41, 5.74) is 3.36. The minimum absolute atomic E-state index is 0.162. The van der Waals surface area contributed by atoms with Crippen molar-refractivity contribution in [2.45, 2.75) is 13.5 Å². The lowest BCUT2D eigenvalue weighted by Crippen LogP contribution is -2.24. The third-order valence-electron chi connectivity index (χ3n) is 4.25. The molecule has 2 heterocycles. The van der Waals surface area contributed by atoms with E-state index in [1.165, 1.54) is 6.92 Å². The summed E-state index contributed by atoms with van der Waals surface area (Å²) in [7, 11) is 0. The first-order valence-electron chi connectivity index (χ1n) is 9.03. The second-order valence-electron chi connectivity index (χ2n) is 6.42. The first-order valence-corrected chi connectivity index (χ1v) is 9.03. The third-order valence-corrected chi connectivity index (χ3v) is 4.25. The Labute approximate surface area is 166 Å². The van der Waals surface area contributed by atoms with Crippen LogP contribution in [-0.4, -0.2) is 31.6 Å². The Hall–Kier alpha value is -4.07. The quantitative estimate of drug-likeness (QED) is 0.549. The van der Waals surface area contributed by atoms with Crippen LogP contribution in [0, 0.1) is 0 Å². The SMILES string of the molecule is CC(=O)Nc1cccc(C(=O)NCc2nnc3ccc(-c4ccccc4)nn23)c1. The normalized spacial score (nSPS) is 10.7. The standard InChI is InChI=1S/C21H18N6O2/c1-14(28)23-17-9-5-8-16(12-17)21(29)22-13-20-25-24-19-11-10-18(26-27(19)20)15-6-3-2-4-7-15/h2-12H,13H2,1H3,(H,22,29)(H,23,28). The highest BCUT2D eigenvalue weighted by Crippen LogP contribution is 2.17. The van der Waals surface area contributed by atoms with Crippen LogP contribution in [-0.2, 0) is 11.3 Å². The average Bonchev–Trinajstić information content (AvgIpc) is 3.14. The van der Waals surface area contributed by atoms with Crippen LogP contribution in [0.5, 0.6) is 0 Å². The molecule has 8 heteroatoms. The van der Waals surface area contributed by atoms with Crippen LogP contribution in [0.4, 0.5) is 5.69 Å². The van der Waals surface area contributed by atoms with Gasteiger partial charge in [0, 0.05) is 23.7 Å². The Morgan fingerprint density at radius 3 is 2.59 bits per heavy atom. The minimum Gasteiger partial charge on any atom is -0.345 e. The first-order chi connectivity index (χ1) is 14.1. The van der Waals surface area contributed by atoms with Crippen LogP contribution in [0.25, 0.3) is 16.9 Å². The van der Waals surface area contributed by atoms with Gasteiger partial charge >= 0.3 is 0 Å². The van der Waals surface area contributed by atoms with Gasteiger partial charge < -0.3 is 10.6 Å².